The zero-order chi connectivity index (χ0) is 13.3. The van der Waals surface area contributed by atoms with E-state index in [-0.39, 0.29) is 11.9 Å². The maximum absolute atomic E-state index is 11.5. The molecule has 4 nitrogen and oxygen atoms in total. The molecule has 17 heavy (non-hydrogen) atoms. The van der Waals surface area contributed by atoms with Crippen LogP contribution in [0.1, 0.15) is 27.2 Å². The lowest BCUT2D eigenvalue weighted by molar-refractivity contribution is -0.122. The molecular weight excluding hydrogens is 214 g/mol. The van der Waals surface area contributed by atoms with Gasteiger partial charge in [-0.3, -0.25) is 4.79 Å². The Labute approximate surface area is 105 Å². The van der Waals surface area contributed by atoms with Crippen molar-refractivity contribution in [2.24, 2.45) is 0 Å². The molecule has 0 radical (unpaired) electrons. The summed E-state index contributed by atoms with van der Waals surface area (Å²) in [5.74, 6) is 0.0242. The summed E-state index contributed by atoms with van der Waals surface area (Å²) in [5, 5.41) is 5.98. The molecule has 2 N–H and O–H groups in total. The SMILES string of the molecule is C=CCNC(=O)C(C)NCCN(C)C(C)CC. The van der Waals surface area contributed by atoms with Crippen molar-refractivity contribution in [3.8, 4) is 0 Å². The lowest BCUT2D eigenvalue weighted by Crippen LogP contribution is -2.45. The lowest BCUT2D eigenvalue weighted by Gasteiger charge is -2.24. The molecule has 0 aliphatic heterocycles. The maximum atomic E-state index is 11.5. The predicted octanol–water partition coefficient (Wildman–Crippen LogP) is 0.997. The monoisotopic (exact) mass is 241 g/mol. The molecule has 2 unspecified atom stereocenters. The molecule has 0 heterocycles. The Balaban J connectivity index is 3.73. The van der Waals surface area contributed by atoms with Crippen molar-refractivity contribution in [3.63, 3.8) is 0 Å². The second-order valence-corrected chi connectivity index (χ2v) is 4.45. The minimum atomic E-state index is -0.153. The van der Waals surface area contributed by atoms with Crippen molar-refractivity contribution >= 4 is 5.91 Å². The normalized spacial score (nSPS) is 14.4. The van der Waals surface area contributed by atoms with Gasteiger partial charge < -0.3 is 15.5 Å². The Morgan fingerprint density at radius 2 is 2.12 bits per heavy atom. The van der Waals surface area contributed by atoms with Gasteiger partial charge in [0.05, 0.1) is 6.04 Å². The van der Waals surface area contributed by atoms with Crippen LogP contribution in [0.15, 0.2) is 12.7 Å². The van der Waals surface area contributed by atoms with Crippen LogP contribution in [0.4, 0.5) is 0 Å². The zero-order valence-corrected chi connectivity index (χ0v) is 11.6. The fourth-order valence-electron chi connectivity index (χ4n) is 1.41. The standard InChI is InChI=1S/C13H27N3O/c1-6-8-15-13(17)12(4)14-9-10-16(5)11(3)7-2/h6,11-12,14H,1,7-10H2,2-5H3,(H,15,17). The van der Waals surface area contributed by atoms with E-state index in [9.17, 15) is 4.79 Å². The van der Waals surface area contributed by atoms with Crippen LogP contribution < -0.4 is 10.6 Å². The van der Waals surface area contributed by atoms with E-state index in [4.69, 9.17) is 0 Å². The van der Waals surface area contributed by atoms with E-state index in [1.165, 1.54) is 0 Å². The van der Waals surface area contributed by atoms with E-state index in [0.717, 1.165) is 19.5 Å². The van der Waals surface area contributed by atoms with Gasteiger partial charge in [-0.25, -0.2) is 0 Å². The van der Waals surface area contributed by atoms with Crippen LogP contribution in [0.25, 0.3) is 0 Å². The fraction of sp³-hybridized carbons (Fsp3) is 0.769. The van der Waals surface area contributed by atoms with Crippen LogP contribution in [0.2, 0.25) is 0 Å². The van der Waals surface area contributed by atoms with Gasteiger partial charge in [-0.15, -0.1) is 6.58 Å². The van der Waals surface area contributed by atoms with Crippen molar-refractivity contribution < 1.29 is 4.79 Å². The Morgan fingerprint density at radius 1 is 1.47 bits per heavy atom. The Bertz CT molecular complexity index is 231. The van der Waals surface area contributed by atoms with Gasteiger partial charge in [-0.1, -0.05) is 13.0 Å². The van der Waals surface area contributed by atoms with Gasteiger partial charge >= 0.3 is 0 Å². The minimum absolute atomic E-state index is 0.0242. The predicted molar refractivity (Wildman–Crippen MR) is 73.1 cm³/mol. The van der Waals surface area contributed by atoms with Crippen LogP contribution in [0, 0.1) is 0 Å². The van der Waals surface area contributed by atoms with E-state index in [1.54, 1.807) is 6.08 Å². The smallest absolute Gasteiger partial charge is 0.237 e. The molecule has 4 heteroatoms. The summed E-state index contributed by atoms with van der Waals surface area (Å²) in [4.78, 5) is 13.8. The van der Waals surface area contributed by atoms with Gasteiger partial charge in [0.2, 0.25) is 5.91 Å². The van der Waals surface area contributed by atoms with E-state index in [1.807, 2.05) is 6.92 Å². The first-order valence-corrected chi connectivity index (χ1v) is 6.35. The number of hydrogen-bond donors (Lipinski definition) is 2. The molecule has 0 saturated heterocycles. The molecule has 0 aromatic heterocycles. The van der Waals surface area contributed by atoms with Crippen LogP contribution in [-0.2, 0) is 4.79 Å². The number of rotatable bonds is 9. The summed E-state index contributed by atoms with van der Waals surface area (Å²) in [5.41, 5.74) is 0. The molecule has 0 aliphatic rings. The molecular formula is C13H27N3O. The summed E-state index contributed by atoms with van der Waals surface area (Å²) in [7, 11) is 2.11. The quantitative estimate of drug-likeness (QED) is 0.592. The number of nitrogens with one attached hydrogen (secondary N) is 2. The molecule has 0 aromatic carbocycles. The molecule has 0 fully saturated rings. The summed E-state index contributed by atoms with van der Waals surface area (Å²) >= 11 is 0. The van der Waals surface area contributed by atoms with Crippen LogP contribution in [-0.4, -0.2) is 49.6 Å². The molecule has 2 atom stereocenters. The summed E-state index contributed by atoms with van der Waals surface area (Å²) < 4.78 is 0. The molecule has 100 valence electrons. The van der Waals surface area contributed by atoms with Crippen LogP contribution >= 0.6 is 0 Å². The molecule has 0 aromatic rings. The zero-order valence-electron chi connectivity index (χ0n) is 11.6. The van der Waals surface area contributed by atoms with Gasteiger partial charge in [0.25, 0.3) is 0 Å². The molecule has 1 amide bonds. The maximum Gasteiger partial charge on any atom is 0.237 e. The highest BCUT2D eigenvalue weighted by atomic mass is 16.2. The Morgan fingerprint density at radius 3 is 2.65 bits per heavy atom. The Hall–Kier alpha value is -0.870. The third-order valence-corrected chi connectivity index (χ3v) is 3.07. The number of nitrogens with zero attached hydrogens (tertiary/aromatic N) is 1. The third-order valence-electron chi connectivity index (χ3n) is 3.07. The average Bonchev–Trinajstić information content (AvgIpc) is 2.34. The average molecular weight is 241 g/mol. The first kappa shape index (κ1) is 16.1. The number of hydrogen-bond acceptors (Lipinski definition) is 3. The first-order chi connectivity index (χ1) is 8.02. The second-order valence-electron chi connectivity index (χ2n) is 4.45. The van der Waals surface area contributed by atoms with Gasteiger partial charge in [0, 0.05) is 25.7 Å². The Kier molecular flexibility index (Phi) is 8.72. The highest BCUT2D eigenvalue weighted by Crippen LogP contribution is 1.98. The van der Waals surface area contributed by atoms with Crippen LogP contribution in [0.3, 0.4) is 0 Å². The van der Waals surface area contributed by atoms with E-state index in [0.29, 0.717) is 12.6 Å². The summed E-state index contributed by atoms with van der Waals surface area (Å²) in [6.45, 7) is 12.1. The van der Waals surface area contributed by atoms with Crippen molar-refractivity contribution in [2.45, 2.75) is 39.3 Å². The molecule has 0 rings (SSSR count). The van der Waals surface area contributed by atoms with E-state index in [2.05, 4.69) is 43.0 Å². The largest absolute Gasteiger partial charge is 0.351 e. The van der Waals surface area contributed by atoms with E-state index >= 15 is 0 Å². The fourth-order valence-corrected chi connectivity index (χ4v) is 1.41. The second kappa shape index (κ2) is 9.19. The van der Waals surface area contributed by atoms with Crippen molar-refractivity contribution in [1.29, 1.82) is 0 Å². The van der Waals surface area contributed by atoms with Crippen molar-refractivity contribution in [3.05, 3.63) is 12.7 Å². The lowest BCUT2D eigenvalue weighted by atomic mass is 10.2. The van der Waals surface area contributed by atoms with Gasteiger partial charge in [0.1, 0.15) is 0 Å². The molecule has 0 aliphatic carbocycles. The minimum Gasteiger partial charge on any atom is -0.351 e. The highest BCUT2D eigenvalue weighted by Gasteiger charge is 2.11. The number of likely N-dealkylation sites (N-methyl/N-ethyl adjacent to an activating group) is 1. The van der Waals surface area contributed by atoms with Crippen molar-refractivity contribution in [2.75, 3.05) is 26.7 Å². The first-order valence-electron chi connectivity index (χ1n) is 6.35. The highest BCUT2D eigenvalue weighted by molar-refractivity contribution is 5.81. The number of carbonyl (C=O) groups excluding carboxylic acids is 1. The van der Waals surface area contributed by atoms with Gasteiger partial charge in [-0.2, -0.15) is 0 Å². The third kappa shape index (κ3) is 7.13. The number of amides is 1. The molecule has 0 bridgehead atoms. The van der Waals surface area contributed by atoms with Gasteiger partial charge in [0.15, 0.2) is 0 Å². The molecule has 0 saturated carbocycles. The topological polar surface area (TPSA) is 44.4 Å². The van der Waals surface area contributed by atoms with Crippen molar-refractivity contribution in [1.82, 2.24) is 15.5 Å². The summed E-state index contributed by atoms with van der Waals surface area (Å²) in [6.07, 6.45) is 2.83. The van der Waals surface area contributed by atoms with E-state index < -0.39 is 0 Å². The van der Waals surface area contributed by atoms with Gasteiger partial charge in [-0.05, 0) is 27.3 Å². The number of carbonyl (C=O) groups is 1. The summed E-state index contributed by atoms with van der Waals surface area (Å²) in [6, 6.07) is 0.432. The molecule has 0 spiro atoms. The van der Waals surface area contributed by atoms with Crippen LogP contribution in [0.5, 0.6) is 0 Å².